The number of hydrogen-bond donors (Lipinski definition) is 1. The van der Waals surface area contributed by atoms with Gasteiger partial charge in [0.1, 0.15) is 0 Å². The number of aromatic nitrogens is 1. The molecular weight excluding hydrogens is 184 g/mol. The van der Waals surface area contributed by atoms with E-state index in [4.69, 9.17) is 5.11 Å². The van der Waals surface area contributed by atoms with Gasteiger partial charge in [0.25, 0.3) is 0 Å². The lowest BCUT2D eigenvalue weighted by atomic mass is 10.2. The molecule has 0 aliphatic carbocycles. The quantitative estimate of drug-likeness (QED) is 0.569. The topological polar surface area (TPSA) is 71.8 Å². The van der Waals surface area contributed by atoms with E-state index < -0.39 is 12.6 Å². The summed E-state index contributed by atoms with van der Waals surface area (Å²) in [6.07, 6.45) is 4.74. The molecule has 0 radical (unpaired) electrons. The number of hydrogen-bond acceptors (Lipinski definition) is 4. The maximum atomic E-state index is 10.1. The molecule has 0 saturated heterocycles. The van der Waals surface area contributed by atoms with Crippen molar-refractivity contribution < 1.29 is 14.7 Å². The molecule has 0 saturated carbocycles. The molecule has 1 aromatic rings. The Labute approximate surface area is 81.0 Å². The van der Waals surface area contributed by atoms with Crippen LogP contribution < -0.4 is 0 Å². The molecule has 0 aromatic carbocycles. The molecule has 0 aliphatic rings. The van der Waals surface area contributed by atoms with Gasteiger partial charge in [-0.3, -0.25) is 4.98 Å². The van der Waals surface area contributed by atoms with E-state index in [1.54, 1.807) is 12.4 Å². The van der Waals surface area contributed by atoms with Crippen LogP contribution in [0.5, 0.6) is 0 Å². The van der Waals surface area contributed by atoms with Crippen LogP contribution in [-0.2, 0) is 9.63 Å². The highest BCUT2D eigenvalue weighted by Gasteiger charge is 1.95. The monoisotopic (exact) mass is 194 g/mol. The van der Waals surface area contributed by atoms with Crippen molar-refractivity contribution in [3.05, 3.63) is 29.6 Å². The molecule has 1 aromatic heterocycles. The van der Waals surface area contributed by atoms with Gasteiger partial charge in [-0.1, -0.05) is 5.16 Å². The summed E-state index contributed by atoms with van der Waals surface area (Å²) in [5.41, 5.74) is 1.81. The van der Waals surface area contributed by atoms with Crippen LogP contribution in [0.25, 0.3) is 0 Å². The molecule has 0 unspecified atom stereocenters. The third-order valence-corrected chi connectivity index (χ3v) is 1.53. The second-order valence-electron chi connectivity index (χ2n) is 2.63. The molecule has 1 rings (SSSR count). The molecule has 1 N–H and O–H groups in total. The first kappa shape index (κ1) is 10.2. The summed E-state index contributed by atoms with van der Waals surface area (Å²) in [5.74, 6) is -1.05. The minimum absolute atomic E-state index is 0.435. The Morgan fingerprint density at radius 1 is 1.79 bits per heavy atom. The average molecular weight is 194 g/mol. The number of rotatable bonds is 4. The number of carbonyl (C=O) groups is 1. The normalized spacial score (nSPS) is 10.4. The first-order valence-corrected chi connectivity index (χ1v) is 3.98. The minimum Gasteiger partial charge on any atom is -0.479 e. The molecule has 0 aliphatic heterocycles. The van der Waals surface area contributed by atoms with E-state index in [-0.39, 0.29) is 0 Å². The fourth-order valence-corrected chi connectivity index (χ4v) is 0.798. The molecule has 14 heavy (non-hydrogen) atoms. The molecule has 5 nitrogen and oxygen atoms in total. The van der Waals surface area contributed by atoms with Gasteiger partial charge in [0.2, 0.25) is 6.61 Å². The predicted molar refractivity (Wildman–Crippen MR) is 50.2 cm³/mol. The van der Waals surface area contributed by atoms with E-state index in [0.717, 1.165) is 11.1 Å². The zero-order valence-electron chi connectivity index (χ0n) is 7.67. The largest absolute Gasteiger partial charge is 0.479 e. The van der Waals surface area contributed by atoms with E-state index in [1.807, 2.05) is 13.0 Å². The predicted octanol–water partition coefficient (Wildman–Crippen LogP) is 0.825. The number of aliphatic carboxylic acids is 1. The average Bonchev–Trinajstić information content (AvgIpc) is 2.15. The summed E-state index contributed by atoms with van der Waals surface area (Å²) in [7, 11) is 0. The lowest BCUT2D eigenvalue weighted by Gasteiger charge is -1.96. The van der Waals surface area contributed by atoms with Crippen LogP contribution in [0.15, 0.2) is 23.6 Å². The number of oxime groups is 1. The summed E-state index contributed by atoms with van der Waals surface area (Å²) in [4.78, 5) is 18.5. The Morgan fingerprint density at radius 2 is 2.57 bits per heavy atom. The third-order valence-electron chi connectivity index (χ3n) is 1.53. The van der Waals surface area contributed by atoms with Crippen LogP contribution in [0.1, 0.15) is 11.1 Å². The van der Waals surface area contributed by atoms with Gasteiger partial charge in [0.05, 0.1) is 6.21 Å². The Kier molecular flexibility index (Phi) is 3.60. The van der Waals surface area contributed by atoms with Crippen molar-refractivity contribution in [1.82, 2.24) is 4.98 Å². The molecule has 1 heterocycles. The Hall–Kier alpha value is -1.91. The van der Waals surface area contributed by atoms with Crippen molar-refractivity contribution >= 4 is 12.2 Å². The molecule has 0 bridgehead atoms. The standard InChI is InChI=1S/C9H10N2O3/c1-7-2-3-10-4-8(7)5-11-14-6-9(12)13/h2-5H,6H2,1H3,(H,12,13)/b11-5+. The van der Waals surface area contributed by atoms with E-state index in [2.05, 4.69) is 15.0 Å². The molecule has 5 heteroatoms. The highest BCUT2D eigenvalue weighted by molar-refractivity contribution is 5.80. The van der Waals surface area contributed by atoms with E-state index in [0.29, 0.717) is 0 Å². The maximum absolute atomic E-state index is 10.1. The van der Waals surface area contributed by atoms with Gasteiger partial charge < -0.3 is 9.94 Å². The number of nitrogens with zero attached hydrogens (tertiary/aromatic N) is 2. The minimum atomic E-state index is -1.05. The molecule has 0 spiro atoms. The SMILES string of the molecule is Cc1ccncc1/C=N/OCC(=O)O. The smallest absolute Gasteiger partial charge is 0.344 e. The Balaban J connectivity index is 2.52. The van der Waals surface area contributed by atoms with Crippen molar-refractivity contribution in [3.63, 3.8) is 0 Å². The van der Waals surface area contributed by atoms with Crippen molar-refractivity contribution in [2.24, 2.45) is 5.16 Å². The zero-order valence-corrected chi connectivity index (χ0v) is 7.67. The van der Waals surface area contributed by atoms with E-state index in [9.17, 15) is 4.79 Å². The number of aryl methyl sites for hydroxylation is 1. The molecule has 74 valence electrons. The van der Waals surface area contributed by atoms with Crippen LogP contribution in [0.2, 0.25) is 0 Å². The number of pyridine rings is 1. The van der Waals surface area contributed by atoms with E-state index in [1.165, 1.54) is 6.21 Å². The van der Waals surface area contributed by atoms with Gasteiger partial charge in [-0.05, 0) is 18.6 Å². The number of carboxylic acids is 1. The first-order chi connectivity index (χ1) is 6.70. The second kappa shape index (κ2) is 4.96. The Morgan fingerprint density at radius 3 is 3.21 bits per heavy atom. The van der Waals surface area contributed by atoms with Crippen LogP contribution in [0, 0.1) is 6.92 Å². The van der Waals surface area contributed by atoms with Crippen molar-refractivity contribution in [1.29, 1.82) is 0 Å². The van der Waals surface area contributed by atoms with Crippen molar-refractivity contribution in [2.75, 3.05) is 6.61 Å². The lowest BCUT2D eigenvalue weighted by Crippen LogP contribution is -2.03. The molecular formula is C9H10N2O3. The van der Waals surface area contributed by atoms with Gasteiger partial charge >= 0.3 is 5.97 Å². The highest BCUT2D eigenvalue weighted by Crippen LogP contribution is 2.00. The third kappa shape index (κ3) is 3.22. The number of carboxylic acid groups (broad SMARTS) is 1. The lowest BCUT2D eigenvalue weighted by molar-refractivity contribution is -0.142. The van der Waals surface area contributed by atoms with Crippen LogP contribution in [0.3, 0.4) is 0 Å². The second-order valence-corrected chi connectivity index (χ2v) is 2.63. The first-order valence-electron chi connectivity index (χ1n) is 3.98. The van der Waals surface area contributed by atoms with Crippen molar-refractivity contribution in [3.8, 4) is 0 Å². The fraction of sp³-hybridized carbons (Fsp3) is 0.222. The van der Waals surface area contributed by atoms with Crippen LogP contribution >= 0.6 is 0 Å². The van der Waals surface area contributed by atoms with Gasteiger partial charge in [-0.2, -0.15) is 0 Å². The summed E-state index contributed by atoms with van der Waals surface area (Å²) in [5, 5.41) is 11.8. The van der Waals surface area contributed by atoms with Crippen molar-refractivity contribution in [2.45, 2.75) is 6.92 Å². The summed E-state index contributed by atoms with van der Waals surface area (Å²) < 4.78 is 0. The summed E-state index contributed by atoms with van der Waals surface area (Å²) >= 11 is 0. The van der Waals surface area contributed by atoms with Crippen LogP contribution in [0.4, 0.5) is 0 Å². The molecule has 0 amide bonds. The van der Waals surface area contributed by atoms with Gasteiger partial charge in [-0.25, -0.2) is 4.79 Å². The molecule has 0 atom stereocenters. The zero-order chi connectivity index (χ0) is 10.4. The van der Waals surface area contributed by atoms with Gasteiger partial charge in [-0.15, -0.1) is 0 Å². The fourth-order valence-electron chi connectivity index (χ4n) is 0.798. The molecule has 0 fully saturated rings. The highest BCUT2D eigenvalue weighted by atomic mass is 16.6. The van der Waals surface area contributed by atoms with Gasteiger partial charge in [0, 0.05) is 18.0 Å². The van der Waals surface area contributed by atoms with E-state index >= 15 is 0 Å². The van der Waals surface area contributed by atoms with Gasteiger partial charge in [0.15, 0.2) is 0 Å². The Bertz CT molecular complexity index is 350. The summed E-state index contributed by atoms with van der Waals surface area (Å²) in [6.45, 7) is 1.47. The summed E-state index contributed by atoms with van der Waals surface area (Å²) in [6, 6.07) is 1.83. The maximum Gasteiger partial charge on any atom is 0.344 e. The van der Waals surface area contributed by atoms with Crippen LogP contribution in [-0.4, -0.2) is 28.9 Å².